The lowest BCUT2D eigenvalue weighted by Crippen LogP contribution is -2.11. The second-order valence-electron chi connectivity index (χ2n) is 4.08. The highest BCUT2D eigenvalue weighted by molar-refractivity contribution is 9.10. The average Bonchev–Trinajstić information content (AvgIpc) is 2.46. The Morgan fingerprint density at radius 3 is 2.30 bits per heavy atom. The Balaban J connectivity index is 1.86. The molecule has 0 heterocycles. The van der Waals surface area contributed by atoms with Crippen LogP contribution < -0.4 is 15.2 Å². The fourth-order valence-corrected chi connectivity index (χ4v) is 2.50. The van der Waals surface area contributed by atoms with Crippen LogP contribution in [-0.4, -0.2) is 13.2 Å². The van der Waals surface area contributed by atoms with Gasteiger partial charge in [-0.05, 0) is 46.3 Å². The first-order valence-corrected chi connectivity index (χ1v) is 7.78. The largest absolute Gasteiger partial charge is 0.490 e. The van der Waals surface area contributed by atoms with Crippen LogP contribution in [0.5, 0.6) is 11.5 Å². The maximum Gasteiger partial charge on any atom is 0.138 e. The minimum absolute atomic E-state index is 0.447. The van der Waals surface area contributed by atoms with Gasteiger partial charge in [0.15, 0.2) is 0 Å². The van der Waals surface area contributed by atoms with E-state index in [0.29, 0.717) is 19.8 Å². The molecular weight excluding hydrogens is 386 g/mol. The van der Waals surface area contributed by atoms with Gasteiger partial charge in [0.2, 0.25) is 0 Å². The van der Waals surface area contributed by atoms with Gasteiger partial charge in [0, 0.05) is 16.6 Å². The summed E-state index contributed by atoms with van der Waals surface area (Å²) in [4.78, 5) is 0. The van der Waals surface area contributed by atoms with Gasteiger partial charge in [-0.3, -0.25) is 0 Å². The predicted molar refractivity (Wildman–Crippen MR) is 87.2 cm³/mol. The van der Waals surface area contributed by atoms with Crippen LogP contribution in [-0.2, 0) is 6.54 Å². The number of hydrogen-bond donors (Lipinski definition) is 1. The Bertz CT molecular complexity index is 558. The zero-order valence-electron chi connectivity index (χ0n) is 10.8. The number of para-hydroxylation sites is 1. The summed E-state index contributed by atoms with van der Waals surface area (Å²) in [5.74, 6) is 1.61. The van der Waals surface area contributed by atoms with Crippen molar-refractivity contribution in [3.8, 4) is 11.5 Å². The van der Waals surface area contributed by atoms with E-state index in [0.717, 1.165) is 26.0 Å². The molecule has 2 N–H and O–H groups in total. The van der Waals surface area contributed by atoms with Crippen molar-refractivity contribution in [2.24, 2.45) is 5.73 Å². The maximum atomic E-state index is 5.74. The molecule has 0 saturated carbocycles. The molecule has 2 aromatic rings. The summed E-state index contributed by atoms with van der Waals surface area (Å²) in [6, 6.07) is 13.5. The lowest BCUT2D eigenvalue weighted by atomic mass is 10.2. The molecule has 0 saturated heterocycles. The van der Waals surface area contributed by atoms with Crippen LogP contribution in [0.25, 0.3) is 0 Å². The molecule has 0 aliphatic heterocycles. The van der Waals surface area contributed by atoms with E-state index < -0.39 is 0 Å². The van der Waals surface area contributed by atoms with Crippen molar-refractivity contribution in [2.75, 3.05) is 13.2 Å². The normalized spacial score (nSPS) is 10.3. The van der Waals surface area contributed by atoms with Gasteiger partial charge in [-0.2, -0.15) is 0 Å². The van der Waals surface area contributed by atoms with E-state index in [-0.39, 0.29) is 0 Å². The van der Waals surface area contributed by atoms with Crippen LogP contribution in [0.1, 0.15) is 5.56 Å². The average molecular weight is 401 g/mol. The third-order valence-electron chi connectivity index (χ3n) is 2.68. The Morgan fingerprint density at radius 1 is 0.900 bits per heavy atom. The summed E-state index contributed by atoms with van der Waals surface area (Å²) >= 11 is 6.85. The molecule has 0 aliphatic carbocycles. The standard InChI is InChI=1S/C15H15Br2NO2/c16-12-4-6-13(7-5-12)19-8-9-20-15-11(10-18)2-1-3-14(15)17/h1-7H,8-10,18H2. The number of nitrogens with two attached hydrogens (primary N) is 1. The van der Waals surface area contributed by atoms with E-state index in [2.05, 4.69) is 31.9 Å². The third kappa shape index (κ3) is 4.23. The molecule has 2 aromatic carbocycles. The molecule has 0 radical (unpaired) electrons. The van der Waals surface area contributed by atoms with Crippen LogP contribution in [0.3, 0.4) is 0 Å². The van der Waals surface area contributed by atoms with Gasteiger partial charge in [-0.15, -0.1) is 0 Å². The van der Waals surface area contributed by atoms with E-state index >= 15 is 0 Å². The molecule has 0 aliphatic rings. The molecule has 0 aromatic heterocycles. The second-order valence-corrected chi connectivity index (χ2v) is 5.85. The number of ether oxygens (including phenoxy) is 2. The molecule has 2 rings (SSSR count). The van der Waals surface area contributed by atoms with Crippen LogP contribution in [0.15, 0.2) is 51.4 Å². The Morgan fingerprint density at radius 2 is 1.60 bits per heavy atom. The first-order valence-electron chi connectivity index (χ1n) is 6.19. The van der Waals surface area contributed by atoms with Crippen molar-refractivity contribution < 1.29 is 9.47 Å². The number of hydrogen-bond acceptors (Lipinski definition) is 3. The van der Waals surface area contributed by atoms with Gasteiger partial charge in [0.1, 0.15) is 24.7 Å². The van der Waals surface area contributed by atoms with E-state index in [1.165, 1.54) is 0 Å². The highest BCUT2D eigenvalue weighted by Gasteiger charge is 2.06. The lowest BCUT2D eigenvalue weighted by Gasteiger charge is -2.13. The molecule has 0 fully saturated rings. The second kappa shape index (κ2) is 7.67. The van der Waals surface area contributed by atoms with Crippen molar-refractivity contribution in [1.82, 2.24) is 0 Å². The molecule has 0 unspecified atom stereocenters. The van der Waals surface area contributed by atoms with E-state index in [1.54, 1.807) is 0 Å². The van der Waals surface area contributed by atoms with Crippen LogP contribution >= 0.6 is 31.9 Å². The summed E-state index contributed by atoms with van der Waals surface area (Å²) < 4.78 is 13.3. The third-order valence-corrected chi connectivity index (χ3v) is 3.83. The summed E-state index contributed by atoms with van der Waals surface area (Å²) in [5.41, 5.74) is 6.67. The molecule has 0 spiro atoms. The van der Waals surface area contributed by atoms with Gasteiger partial charge in [0.25, 0.3) is 0 Å². The Kier molecular flexibility index (Phi) is 5.88. The predicted octanol–water partition coefficient (Wildman–Crippen LogP) is 4.13. The minimum Gasteiger partial charge on any atom is -0.490 e. The molecule has 0 bridgehead atoms. The lowest BCUT2D eigenvalue weighted by molar-refractivity contribution is 0.215. The van der Waals surface area contributed by atoms with Gasteiger partial charge in [-0.25, -0.2) is 0 Å². The van der Waals surface area contributed by atoms with E-state index in [9.17, 15) is 0 Å². The summed E-state index contributed by atoms with van der Waals surface area (Å²) in [6.45, 7) is 1.39. The molecule has 20 heavy (non-hydrogen) atoms. The van der Waals surface area contributed by atoms with Crippen LogP contribution in [0, 0.1) is 0 Å². The molecular formula is C15H15Br2NO2. The van der Waals surface area contributed by atoms with Crippen molar-refractivity contribution >= 4 is 31.9 Å². The van der Waals surface area contributed by atoms with Crippen molar-refractivity contribution in [2.45, 2.75) is 6.54 Å². The highest BCUT2D eigenvalue weighted by atomic mass is 79.9. The smallest absolute Gasteiger partial charge is 0.138 e. The van der Waals surface area contributed by atoms with Crippen LogP contribution in [0.2, 0.25) is 0 Å². The molecule has 0 atom stereocenters. The molecule has 106 valence electrons. The quantitative estimate of drug-likeness (QED) is 0.741. The summed E-state index contributed by atoms with van der Waals surface area (Å²) in [5, 5.41) is 0. The van der Waals surface area contributed by atoms with Gasteiger partial charge in [0.05, 0.1) is 4.47 Å². The van der Waals surface area contributed by atoms with E-state index in [1.807, 2.05) is 42.5 Å². The summed E-state index contributed by atoms with van der Waals surface area (Å²) in [6.07, 6.45) is 0. The topological polar surface area (TPSA) is 44.5 Å². The summed E-state index contributed by atoms with van der Waals surface area (Å²) in [7, 11) is 0. The van der Waals surface area contributed by atoms with Gasteiger partial charge >= 0.3 is 0 Å². The first-order chi connectivity index (χ1) is 9.70. The van der Waals surface area contributed by atoms with Crippen molar-refractivity contribution in [3.63, 3.8) is 0 Å². The zero-order chi connectivity index (χ0) is 14.4. The van der Waals surface area contributed by atoms with Crippen molar-refractivity contribution in [3.05, 3.63) is 57.0 Å². The fourth-order valence-electron chi connectivity index (χ4n) is 1.71. The zero-order valence-corrected chi connectivity index (χ0v) is 14.0. The Hall–Kier alpha value is -1.04. The monoisotopic (exact) mass is 399 g/mol. The number of rotatable bonds is 6. The first kappa shape index (κ1) is 15.4. The minimum atomic E-state index is 0.447. The van der Waals surface area contributed by atoms with Gasteiger partial charge in [-0.1, -0.05) is 28.1 Å². The van der Waals surface area contributed by atoms with Crippen LogP contribution in [0.4, 0.5) is 0 Å². The maximum absolute atomic E-state index is 5.74. The molecule has 0 amide bonds. The highest BCUT2D eigenvalue weighted by Crippen LogP contribution is 2.28. The Labute approximate surface area is 135 Å². The molecule has 5 heteroatoms. The number of benzene rings is 2. The van der Waals surface area contributed by atoms with E-state index in [4.69, 9.17) is 15.2 Å². The van der Waals surface area contributed by atoms with Gasteiger partial charge < -0.3 is 15.2 Å². The SMILES string of the molecule is NCc1cccc(Br)c1OCCOc1ccc(Br)cc1. The molecule has 3 nitrogen and oxygen atoms in total. The number of halogens is 2. The fraction of sp³-hybridized carbons (Fsp3) is 0.200. The van der Waals surface area contributed by atoms with Crippen molar-refractivity contribution in [1.29, 1.82) is 0 Å².